The normalized spacial score (nSPS) is 22.1. The molecule has 0 aromatic rings. The molecule has 0 aliphatic heterocycles. The van der Waals surface area contributed by atoms with Gasteiger partial charge in [-0.3, -0.25) is 0 Å². The Kier molecular flexibility index (Phi) is 12.9. The minimum Gasteiger partial charge on any atom is -0.230 e. The van der Waals surface area contributed by atoms with E-state index in [4.69, 9.17) is 0 Å². The van der Waals surface area contributed by atoms with Crippen LogP contribution in [0.2, 0.25) is 0 Å². The second kappa shape index (κ2) is 13.4. The molecule has 0 aromatic carbocycles. The van der Waals surface area contributed by atoms with Crippen LogP contribution < -0.4 is 0 Å². The molecule has 0 heterocycles. The Morgan fingerprint density at radius 3 is 1.82 bits per heavy atom. The Morgan fingerprint density at radius 2 is 1.18 bits per heavy atom. The second-order valence-electron chi connectivity index (χ2n) is 4.12. The number of rotatable bonds is 0. The number of hydrogen-bond donors (Lipinski definition) is 0. The van der Waals surface area contributed by atoms with E-state index in [0.29, 0.717) is 0 Å². The van der Waals surface area contributed by atoms with Crippen molar-refractivity contribution in [3.05, 3.63) is 55.0 Å². The second-order valence-corrected chi connectivity index (χ2v) is 4.12. The van der Waals surface area contributed by atoms with Crippen molar-refractivity contribution < 1.29 is 16.5 Å². The predicted octanol–water partition coefficient (Wildman–Crippen LogP) is 5.16. The Bertz CT molecular complexity index is 203. The van der Waals surface area contributed by atoms with Gasteiger partial charge in [0.05, 0.1) is 0 Å². The van der Waals surface area contributed by atoms with E-state index >= 15 is 0 Å². The van der Waals surface area contributed by atoms with Crippen molar-refractivity contribution in [2.24, 2.45) is 0 Å². The van der Waals surface area contributed by atoms with Crippen LogP contribution in [0.25, 0.3) is 0 Å². The summed E-state index contributed by atoms with van der Waals surface area (Å²) in [7, 11) is 0. The molecule has 1 heteroatoms. The van der Waals surface area contributed by atoms with Crippen LogP contribution in [0.4, 0.5) is 0 Å². The molecule has 0 nitrogen and oxygen atoms in total. The van der Waals surface area contributed by atoms with Crippen molar-refractivity contribution in [2.45, 2.75) is 44.9 Å². The van der Waals surface area contributed by atoms with Crippen LogP contribution in [-0.4, -0.2) is 0 Å². The maximum absolute atomic E-state index is 2.23. The zero-order valence-electron chi connectivity index (χ0n) is 10.5. The molecular formula is C16H23Ni-. The molecular weight excluding hydrogens is 251 g/mol. The Hall–Kier alpha value is -0.676. The molecule has 0 N–H and O–H groups in total. The average Bonchev–Trinajstić information content (AvgIpc) is 2.15. The fraction of sp³-hybridized carbons (Fsp3) is 0.438. The van der Waals surface area contributed by atoms with E-state index in [1.165, 1.54) is 44.9 Å². The molecule has 0 radical (unpaired) electrons. The van der Waals surface area contributed by atoms with Crippen LogP contribution in [0.15, 0.2) is 48.6 Å². The third-order valence-corrected chi connectivity index (χ3v) is 2.61. The van der Waals surface area contributed by atoms with Gasteiger partial charge in [-0.2, -0.15) is 0 Å². The first-order valence-corrected chi connectivity index (χ1v) is 6.47. The average molecular weight is 274 g/mol. The number of hydrogen-bond acceptors (Lipinski definition) is 0. The van der Waals surface area contributed by atoms with Gasteiger partial charge < -0.3 is 0 Å². The zero-order chi connectivity index (χ0) is 11.3. The smallest absolute Gasteiger partial charge is 0 e. The van der Waals surface area contributed by atoms with Crippen molar-refractivity contribution in [3.63, 3.8) is 0 Å². The number of allylic oxidation sites excluding steroid dienone is 8. The minimum atomic E-state index is 0. The first-order valence-electron chi connectivity index (χ1n) is 6.47. The molecule has 0 saturated carbocycles. The molecule has 0 atom stereocenters. The van der Waals surface area contributed by atoms with Crippen molar-refractivity contribution in [1.82, 2.24) is 0 Å². The molecule has 0 fully saturated rings. The van der Waals surface area contributed by atoms with E-state index in [-0.39, 0.29) is 16.5 Å². The summed E-state index contributed by atoms with van der Waals surface area (Å²) in [5.74, 6) is 0. The minimum absolute atomic E-state index is 0. The molecule has 0 spiro atoms. The summed E-state index contributed by atoms with van der Waals surface area (Å²) in [6.45, 7) is 0. The first kappa shape index (κ1) is 16.3. The van der Waals surface area contributed by atoms with Gasteiger partial charge in [-0.25, -0.2) is 18.6 Å². The molecule has 2 aliphatic carbocycles. The van der Waals surface area contributed by atoms with Gasteiger partial charge in [0.2, 0.25) is 0 Å². The van der Waals surface area contributed by atoms with Gasteiger partial charge >= 0.3 is 0 Å². The quantitative estimate of drug-likeness (QED) is 0.423. The first-order chi connectivity index (χ1) is 8.00. The summed E-state index contributed by atoms with van der Waals surface area (Å²) in [6, 6.07) is 0. The maximum atomic E-state index is 2.23. The van der Waals surface area contributed by atoms with E-state index < -0.39 is 0 Å². The fourth-order valence-corrected chi connectivity index (χ4v) is 1.64. The molecule has 0 unspecified atom stereocenters. The molecule has 17 heavy (non-hydrogen) atoms. The van der Waals surface area contributed by atoms with E-state index in [2.05, 4.69) is 55.0 Å². The van der Waals surface area contributed by atoms with Crippen molar-refractivity contribution >= 4 is 0 Å². The predicted molar refractivity (Wildman–Crippen MR) is 73.2 cm³/mol. The zero-order valence-corrected chi connectivity index (χ0v) is 11.4. The molecule has 2 aliphatic rings. The topological polar surface area (TPSA) is 0 Å². The van der Waals surface area contributed by atoms with Gasteiger partial charge in [0.15, 0.2) is 0 Å². The molecule has 0 saturated heterocycles. The monoisotopic (exact) mass is 273 g/mol. The van der Waals surface area contributed by atoms with E-state index in [0.717, 1.165) is 0 Å². The maximum Gasteiger partial charge on any atom is 0 e. The summed E-state index contributed by atoms with van der Waals surface area (Å²) in [5.41, 5.74) is 0. The molecule has 0 amide bonds. The van der Waals surface area contributed by atoms with Crippen molar-refractivity contribution in [2.75, 3.05) is 0 Å². The van der Waals surface area contributed by atoms with Gasteiger partial charge in [-0.05, 0) is 32.1 Å². The van der Waals surface area contributed by atoms with Gasteiger partial charge in [-0.1, -0.05) is 30.7 Å². The standard InChI is InChI=1S/C8H12.C8H11.Ni/c2*1-2-4-6-8-7-5-3-1;/h1-4H,5-8H2;1-5H,6-8H2;/q;-1;/b;2-1-,5-3-;. The van der Waals surface area contributed by atoms with Gasteiger partial charge in [0.1, 0.15) is 0 Å². The third-order valence-electron chi connectivity index (χ3n) is 2.61. The van der Waals surface area contributed by atoms with Crippen LogP contribution in [0.3, 0.4) is 0 Å². The Morgan fingerprint density at radius 1 is 0.647 bits per heavy atom. The summed E-state index contributed by atoms with van der Waals surface area (Å²) in [5, 5.41) is 0. The summed E-state index contributed by atoms with van der Waals surface area (Å²) >= 11 is 0. The van der Waals surface area contributed by atoms with Crippen LogP contribution in [0.1, 0.15) is 44.9 Å². The van der Waals surface area contributed by atoms with Crippen molar-refractivity contribution in [3.8, 4) is 0 Å². The van der Waals surface area contributed by atoms with Crippen LogP contribution >= 0.6 is 0 Å². The third kappa shape index (κ3) is 11.6. The molecule has 0 aromatic heterocycles. The summed E-state index contributed by atoms with van der Waals surface area (Å²) < 4.78 is 0. The van der Waals surface area contributed by atoms with E-state index in [9.17, 15) is 0 Å². The van der Waals surface area contributed by atoms with Gasteiger partial charge in [-0.15, -0.1) is 18.6 Å². The largest absolute Gasteiger partial charge is 0.230 e. The van der Waals surface area contributed by atoms with Gasteiger partial charge in [0, 0.05) is 16.5 Å². The van der Waals surface area contributed by atoms with E-state index in [1.807, 2.05) is 0 Å². The van der Waals surface area contributed by atoms with Crippen molar-refractivity contribution in [1.29, 1.82) is 0 Å². The van der Waals surface area contributed by atoms with Gasteiger partial charge in [0.25, 0.3) is 0 Å². The van der Waals surface area contributed by atoms with E-state index in [1.54, 1.807) is 0 Å². The Balaban J connectivity index is 0.000000284. The fourth-order valence-electron chi connectivity index (χ4n) is 1.64. The summed E-state index contributed by atoms with van der Waals surface area (Å²) in [4.78, 5) is 0. The molecule has 2 rings (SSSR count). The SMILES string of the molecule is C1=CCCCCC=C1.C1=C\[CH-]CCC\C=C/1.[Ni]. The summed E-state index contributed by atoms with van der Waals surface area (Å²) in [6.07, 6.45) is 28.5. The molecule has 98 valence electrons. The van der Waals surface area contributed by atoms with Crippen LogP contribution in [-0.2, 0) is 16.5 Å². The van der Waals surface area contributed by atoms with Crippen LogP contribution in [0.5, 0.6) is 0 Å². The Labute approximate surface area is 116 Å². The molecule has 0 bridgehead atoms. The van der Waals surface area contributed by atoms with Crippen LogP contribution in [0, 0.1) is 6.42 Å².